The minimum atomic E-state index is -0.331. The van der Waals surface area contributed by atoms with Crippen LogP contribution in [0, 0.1) is 18.4 Å². The number of ether oxygens (including phenoxy) is 1. The molecule has 0 unspecified atom stereocenters. The van der Waals surface area contributed by atoms with E-state index < -0.39 is 0 Å². The van der Waals surface area contributed by atoms with E-state index in [2.05, 4.69) is 159 Å². The Bertz CT molecular complexity index is 1420. The average Bonchev–Trinajstić information content (AvgIpc) is 3.45. The summed E-state index contributed by atoms with van der Waals surface area (Å²) in [5.41, 5.74) is 2.07. The number of benzene rings is 5. The van der Waals surface area contributed by atoms with Crippen LogP contribution in [0.15, 0.2) is 146 Å². The number of carbonyl (C=O) groups excluding carboxylic acids is 1. The monoisotopic (exact) mass is 755 g/mol. The number of hydrogen-bond donors (Lipinski definition) is 1. The Morgan fingerprint density at radius 1 is 0.652 bits per heavy atom. The molecule has 3 nitrogen and oxygen atoms in total. The summed E-state index contributed by atoms with van der Waals surface area (Å²) >= 11 is 2.22. The average molecular weight is 757 g/mol. The van der Waals surface area contributed by atoms with Gasteiger partial charge in [0.05, 0.1) is 19.6 Å². The Labute approximate surface area is 292 Å². The zero-order valence-corrected chi connectivity index (χ0v) is 30.1. The number of para-hydroxylation sites is 1. The van der Waals surface area contributed by atoms with E-state index in [1.54, 1.807) is 0 Å². The van der Waals surface area contributed by atoms with Gasteiger partial charge in [-0.3, -0.25) is 4.79 Å². The quantitative estimate of drug-likeness (QED) is 0.0887. The molecule has 0 aliphatic carbocycles. The fourth-order valence-corrected chi connectivity index (χ4v) is 10.2. The maximum atomic E-state index is 11.2. The third kappa shape index (κ3) is 10.3. The van der Waals surface area contributed by atoms with Gasteiger partial charge >= 0.3 is 33.7 Å². The smallest absolute Gasteiger partial charge is 0.0195 e. The summed E-state index contributed by atoms with van der Waals surface area (Å²) in [6.45, 7) is 1.94. The van der Waals surface area contributed by atoms with Gasteiger partial charge in [0.15, 0.2) is 0 Å². The van der Waals surface area contributed by atoms with Crippen molar-refractivity contribution in [2.24, 2.45) is 0 Å². The second kappa shape index (κ2) is 19.8. The molecule has 5 aromatic rings. The summed E-state index contributed by atoms with van der Waals surface area (Å²) in [6.07, 6.45) is 5.23. The minimum absolute atomic E-state index is 0.309. The number of rotatable bonds is 10. The van der Waals surface area contributed by atoms with Gasteiger partial charge in [0.2, 0.25) is 0 Å². The van der Waals surface area contributed by atoms with Crippen LogP contribution >= 0.6 is 25.4 Å². The molecule has 46 heavy (non-hydrogen) atoms. The minimum Gasteiger partial charge on any atom is -0.0622 e. The van der Waals surface area contributed by atoms with Crippen molar-refractivity contribution in [3.05, 3.63) is 170 Å². The molecule has 7 heteroatoms. The first-order valence-corrected chi connectivity index (χ1v) is 20.1. The van der Waals surface area contributed by atoms with Gasteiger partial charge in [-0.25, -0.2) is 0 Å². The molecule has 0 saturated heterocycles. The van der Waals surface area contributed by atoms with E-state index in [-0.39, 0.29) is 21.8 Å². The molecule has 237 valence electrons. The Hall–Kier alpha value is -2.82. The van der Waals surface area contributed by atoms with E-state index in [0.717, 1.165) is 23.2 Å². The molecule has 1 N–H and O–H groups in total. The first-order valence-electron chi connectivity index (χ1n) is 15.0. The van der Waals surface area contributed by atoms with Crippen LogP contribution in [-0.4, -0.2) is 25.4 Å². The Kier molecular flexibility index (Phi) is 15.5. The fraction of sp³-hybridized carbons (Fsp3) is 0.128. The second-order valence-corrected chi connectivity index (χ2v) is 15.0. The molecule has 6 rings (SSSR count). The van der Waals surface area contributed by atoms with Crippen molar-refractivity contribution in [2.75, 3.05) is 24.8 Å². The number of nitrogens with one attached hydrogen (secondary N) is 1. The van der Waals surface area contributed by atoms with Gasteiger partial charge in [0, 0.05) is 11.6 Å². The Morgan fingerprint density at radius 3 is 1.41 bits per heavy atom. The molecule has 0 bridgehead atoms. The largest absolute Gasteiger partial charge is 0.0622 e. The van der Waals surface area contributed by atoms with Crippen LogP contribution in [0.1, 0.15) is 18.9 Å². The molecule has 1 aliphatic rings. The van der Waals surface area contributed by atoms with Gasteiger partial charge in [-0.15, -0.1) is 0 Å². The van der Waals surface area contributed by atoms with Crippen LogP contribution in [0.5, 0.6) is 0 Å². The number of fused-ring (bicyclic) bond motifs is 1. The van der Waals surface area contributed by atoms with Crippen molar-refractivity contribution in [2.45, 2.75) is 13.3 Å². The van der Waals surface area contributed by atoms with Crippen molar-refractivity contribution in [3.8, 4) is 0 Å². The van der Waals surface area contributed by atoms with E-state index in [9.17, 15) is 4.79 Å². The van der Waals surface area contributed by atoms with Crippen molar-refractivity contribution >= 4 is 58.2 Å². The van der Waals surface area contributed by atoms with Gasteiger partial charge < -0.3 is 10.1 Å². The first kappa shape index (κ1) is 36.0. The summed E-state index contributed by atoms with van der Waals surface area (Å²) in [4.78, 5) is 11.2. The third-order valence-electron chi connectivity index (χ3n) is 7.44. The maximum Gasteiger partial charge on any atom is -0.0195 e. The van der Waals surface area contributed by atoms with Crippen molar-refractivity contribution in [3.63, 3.8) is 0 Å². The molecule has 1 aliphatic heterocycles. The number of halogens is 1. The summed E-state index contributed by atoms with van der Waals surface area (Å²) in [5, 5.41) is 9.15. The van der Waals surface area contributed by atoms with Crippen LogP contribution in [-0.2, 0) is 27.7 Å². The number of carbonyl (C=O) groups is 1. The molecular formula is C39H38ClNO2P2Pd+. The van der Waals surface area contributed by atoms with E-state index in [4.69, 9.17) is 0 Å². The van der Waals surface area contributed by atoms with Crippen LogP contribution in [0.4, 0.5) is 5.69 Å². The van der Waals surface area contributed by atoms with E-state index in [1.807, 2.05) is 31.2 Å². The van der Waals surface area contributed by atoms with E-state index >= 15 is 0 Å². The summed E-state index contributed by atoms with van der Waals surface area (Å²) < 4.78 is 4.62. The standard InChI is InChI=1S/C27H26P2.C12H12NO2.ClH.Pd/c1-5-14-24(15-6-1)28(25-16-7-2-8-17-25)22-13-23-29(26-18-9-3-10-19-26)27-20-11-4-12-21-27;1-8-10(7-12(14)15-2)9-5-3-4-6-11(9)13-8;;/h1-12,14-21H,13,22-23H2;3-7,13H,1-2H3;1H;/q;;;+2/p-1. The van der Waals surface area contributed by atoms with Crippen LogP contribution in [0.2, 0.25) is 0 Å². The van der Waals surface area contributed by atoms with Crippen molar-refractivity contribution in [1.82, 2.24) is 0 Å². The second-order valence-electron chi connectivity index (χ2n) is 10.4. The van der Waals surface area contributed by atoms with Gasteiger partial charge in [0.1, 0.15) is 0 Å². The van der Waals surface area contributed by atoms with Gasteiger partial charge in [-0.2, -0.15) is 0 Å². The Morgan fingerprint density at radius 2 is 1.02 bits per heavy atom. The summed E-state index contributed by atoms with van der Waals surface area (Å²) in [5.74, 6) is 0.570. The first-order chi connectivity index (χ1) is 22.6. The van der Waals surface area contributed by atoms with Crippen molar-refractivity contribution in [1.29, 1.82) is 0 Å². The molecule has 0 atom stereocenters. The number of anilines is 1. The molecule has 5 aromatic carbocycles. The van der Waals surface area contributed by atoms with E-state index in [1.165, 1.54) is 53.5 Å². The third-order valence-corrected chi connectivity index (χ3v) is 12.7. The molecule has 0 saturated carbocycles. The van der Waals surface area contributed by atoms with Gasteiger partial charge in [-0.05, 0) is 74.4 Å². The molecular weight excluding hydrogens is 718 g/mol. The fourth-order valence-electron chi connectivity index (χ4n) is 5.29. The van der Waals surface area contributed by atoms with Gasteiger partial charge in [-0.1, -0.05) is 140 Å². The number of hydrogen-bond acceptors (Lipinski definition) is 3. The summed E-state index contributed by atoms with van der Waals surface area (Å²) in [7, 11) is 5.25. The van der Waals surface area contributed by atoms with Crippen LogP contribution in [0.25, 0.3) is 0 Å². The zero-order valence-electron chi connectivity index (χ0n) is 26.0. The number of esters is 1. The van der Waals surface area contributed by atoms with Crippen LogP contribution in [0.3, 0.4) is 0 Å². The maximum absolute atomic E-state index is 11.2. The molecule has 0 fully saturated rings. The number of methoxy groups -OCH3 is 1. The van der Waals surface area contributed by atoms with Crippen LogP contribution < -0.4 is 26.5 Å². The van der Waals surface area contributed by atoms with Gasteiger partial charge in [0.25, 0.3) is 0 Å². The topological polar surface area (TPSA) is 38.3 Å². The molecule has 0 amide bonds. The normalized spacial score (nSPS) is 12.3. The molecule has 3 radical (unpaired) electrons. The SMILES string of the molecule is COC(=O)[CH][C]1[C](C)Nc2ccccc21.[Cl][Pd+].c1ccc(P(CCCP(c2ccccc2)c2ccccc2)c2ccccc2)cc1. The predicted octanol–water partition coefficient (Wildman–Crippen LogP) is 8.29. The van der Waals surface area contributed by atoms with E-state index in [0.29, 0.717) is 0 Å². The molecule has 0 aromatic heterocycles. The zero-order chi connectivity index (χ0) is 32.6. The Balaban J connectivity index is 0.000000237. The molecule has 1 heterocycles. The van der Waals surface area contributed by atoms with Crippen molar-refractivity contribution < 1.29 is 27.7 Å². The predicted molar refractivity (Wildman–Crippen MR) is 196 cm³/mol. The summed E-state index contributed by atoms with van der Waals surface area (Å²) in [6, 6.07) is 53.1. The molecule has 0 spiro atoms.